The lowest BCUT2D eigenvalue weighted by Crippen LogP contribution is -2.13. The second-order valence-corrected chi connectivity index (χ2v) is 4.45. The molecular weight excluding hydrogens is 296 g/mol. The molecule has 0 aliphatic rings. The number of hydrogen-bond acceptors (Lipinski definition) is 3. The van der Waals surface area contributed by atoms with E-state index in [0.29, 0.717) is 5.02 Å². The predicted molar refractivity (Wildman–Crippen MR) is 71.5 cm³/mol. The largest absolute Gasteiger partial charge is 0.305 e. The van der Waals surface area contributed by atoms with Crippen molar-refractivity contribution in [2.75, 3.05) is 5.32 Å². The quantitative estimate of drug-likeness (QED) is 0.920. The first-order valence-electron chi connectivity index (χ1n) is 4.81. The molecule has 0 unspecified atom stereocenters. The van der Waals surface area contributed by atoms with Gasteiger partial charge in [0.25, 0.3) is 5.91 Å². The molecule has 1 aromatic carbocycles. The molecule has 0 spiro atoms. The van der Waals surface area contributed by atoms with E-state index in [0.717, 1.165) is 0 Å². The molecule has 92 valence electrons. The number of hydrogen-bond donors (Lipinski definition) is 1. The molecule has 0 bridgehead atoms. The number of carbonyl (C=O) groups excluding carboxylic acids is 1. The Morgan fingerprint density at radius 1 is 1.17 bits per heavy atom. The van der Waals surface area contributed by atoms with Crippen molar-refractivity contribution < 1.29 is 4.79 Å². The van der Waals surface area contributed by atoms with Crippen LogP contribution in [0.2, 0.25) is 15.2 Å². The molecule has 2 rings (SSSR count). The molecule has 1 N–H and O–H groups in total. The number of carbonyl (C=O) groups is 1. The van der Waals surface area contributed by atoms with Gasteiger partial charge in [-0.3, -0.25) is 9.78 Å². The minimum Gasteiger partial charge on any atom is -0.305 e. The zero-order valence-electron chi connectivity index (χ0n) is 8.82. The number of halogens is 3. The third kappa shape index (κ3) is 2.90. The Morgan fingerprint density at radius 2 is 1.94 bits per heavy atom. The molecule has 1 aromatic heterocycles. The summed E-state index contributed by atoms with van der Waals surface area (Å²) in [4.78, 5) is 19.6. The molecule has 0 saturated carbocycles. The average Bonchev–Trinajstić information content (AvgIpc) is 2.32. The maximum atomic E-state index is 11.9. The molecule has 0 fully saturated rings. The van der Waals surface area contributed by atoms with Crippen LogP contribution in [0.3, 0.4) is 0 Å². The second-order valence-electron chi connectivity index (χ2n) is 3.28. The number of anilines is 1. The topological polar surface area (TPSA) is 54.9 Å². The summed E-state index contributed by atoms with van der Waals surface area (Å²) < 4.78 is 0. The van der Waals surface area contributed by atoms with Crippen LogP contribution < -0.4 is 5.32 Å². The Labute approximate surface area is 118 Å². The summed E-state index contributed by atoms with van der Waals surface area (Å²) in [6, 6.07) is 4.79. The smallest absolute Gasteiger partial charge is 0.258 e. The molecular formula is C11H6Cl3N3O. The van der Waals surface area contributed by atoms with Crippen molar-refractivity contribution in [3.8, 4) is 0 Å². The number of rotatable bonds is 2. The van der Waals surface area contributed by atoms with Gasteiger partial charge in [-0.15, -0.1) is 0 Å². The van der Waals surface area contributed by atoms with Gasteiger partial charge in [0, 0.05) is 0 Å². The van der Waals surface area contributed by atoms with Crippen LogP contribution >= 0.6 is 34.8 Å². The molecule has 18 heavy (non-hydrogen) atoms. The molecule has 0 saturated heterocycles. The summed E-state index contributed by atoms with van der Waals surface area (Å²) in [6.07, 6.45) is 2.74. The van der Waals surface area contributed by atoms with Crippen LogP contribution in [0.25, 0.3) is 0 Å². The maximum Gasteiger partial charge on any atom is 0.258 e. The summed E-state index contributed by atoms with van der Waals surface area (Å²) in [5.74, 6) is -0.192. The normalized spacial score (nSPS) is 10.2. The molecule has 2 aromatic rings. The van der Waals surface area contributed by atoms with Gasteiger partial charge in [-0.1, -0.05) is 40.9 Å². The Morgan fingerprint density at radius 3 is 2.67 bits per heavy atom. The van der Waals surface area contributed by atoms with Crippen LogP contribution in [0.1, 0.15) is 10.4 Å². The zero-order valence-corrected chi connectivity index (χ0v) is 11.1. The Kier molecular flexibility index (Phi) is 4.01. The molecule has 1 heterocycles. The van der Waals surface area contributed by atoms with E-state index in [4.69, 9.17) is 34.8 Å². The van der Waals surface area contributed by atoms with Crippen LogP contribution in [-0.2, 0) is 0 Å². The summed E-state index contributed by atoms with van der Waals surface area (Å²) in [5, 5.41) is 3.21. The van der Waals surface area contributed by atoms with E-state index in [1.165, 1.54) is 12.4 Å². The third-order valence-electron chi connectivity index (χ3n) is 2.04. The van der Waals surface area contributed by atoms with Crippen molar-refractivity contribution in [3.05, 3.63) is 51.4 Å². The molecule has 0 aliphatic heterocycles. The van der Waals surface area contributed by atoms with Crippen molar-refractivity contribution >= 4 is 46.5 Å². The molecule has 4 nitrogen and oxygen atoms in total. The minimum absolute atomic E-state index is 0.185. The fourth-order valence-electron chi connectivity index (χ4n) is 1.27. The van der Waals surface area contributed by atoms with Gasteiger partial charge >= 0.3 is 0 Å². The lowest BCUT2D eigenvalue weighted by Gasteiger charge is -2.06. The first-order chi connectivity index (χ1) is 8.58. The highest BCUT2D eigenvalue weighted by atomic mass is 35.5. The minimum atomic E-state index is -0.431. The average molecular weight is 303 g/mol. The molecule has 7 heteroatoms. The summed E-state index contributed by atoms with van der Waals surface area (Å²) in [5.41, 5.74) is 0.256. The second kappa shape index (κ2) is 5.52. The standard InChI is InChI=1S/C11H6Cl3N3O/c12-7-3-1-2-6(10(7)14)11(18)17-9-5-15-4-8(13)16-9/h1-5H,(H,16,17,18). The van der Waals surface area contributed by atoms with Gasteiger partial charge in [-0.05, 0) is 12.1 Å². The number of amides is 1. The third-order valence-corrected chi connectivity index (χ3v) is 3.04. The fraction of sp³-hybridized carbons (Fsp3) is 0. The van der Waals surface area contributed by atoms with E-state index < -0.39 is 5.91 Å². The van der Waals surface area contributed by atoms with E-state index in [1.54, 1.807) is 18.2 Å². The van der Waals surface area contributed by atoms with Gasteiger partial charge in [-0.25, -0.2) is 4.98 Å². The van der Waals surface area contributed by atoms with E-state index >= 15 is 0 Å². The monoisotopic (exact) mass is 301 g/mol. The van der Waals surface area contributed by atoms with Gasteiger partial charge in [-0.2, -0.15) is 0 Å². The van der Waals surface area contributed by atoms with Crippen LogP contribution in [0.15, 0.2) is 30.6 Å². The molecule has 1 amide bonds. The highest BCUT2D eigenvalue weighted by molar-refractivity contribution is 6.44. The van der Waals surface area contributed by atoms with Crippen LogP contribution in [0, 0.1) is 0 Å². The van der Waals surface area contributed by atoms with Gasteiger partial charge in [0.15, 0.2) is 5.82 Å². The zero-order chi connectivity index (χ0) is 13.1. The van der Waals surface area contributed by atoms with Crippen molar-refractivity contribution in [1.29, 1.82) is 0 Å². The molecule has 0 atom stereocenters. The van der Waals surface area contributed by atoms with E-state index in [9.17, 15) is 4.79 Å². The molecule has 0 aliphatic carbocycles. The van der Waals surface area contributed by atoms with Gasteiger partial charge < -0.3 is 5.32 Å². The Hall–Kier alpha value is -1.36. The number of benzene rings is 1. The summed E-state index contributed by atoms with van der Waals surface area (Å²) >= 11 is 17.4. The van der Waals surface area contributed by atoms with E-state index in [1.807, 2.05) is 0 Å². The van der Waals surface area contributed by atoms with Crippen LogP contribution in [-0.4, -0.2) is 15.9 Å². The van der Waals surface area contributed by atoms with Gasteiger partial charge in [0.1, 0.15) is 5.15 Å². The Balaban J connectivity index is 2.25. The van der Waals surface area contributed by atoms with E-state index in [2.05, 4.69) is 15.3 Å². The maximum absolute atomic E-state index is 11.9. The first-order valence-corrected chi connectivity index (χ1v) is 5.94. The lowest BCUT2D eigenvalue weighted by atomic mass is 10.2. The highest BCUT2D eigenvalue weighted by Gasteiger charge is 2.13. The SMILES string of the molecule is O=C(Nc1cncc(Cl)n1)c1cccc(Cl)c1Cl. The van der Waals surface area contributed by atoms with Crippen molar-refractivity contribution in [1.82, 2.24) is 9.97 Å². The van der Waals surface area contributed by atoms with Crippen molar-refractivity contribution in [3.63, 3.8) is 0 Å². The highest BCUT2D eigenvalue weighted by Crippen LogP contribution is 2.26. The fourth-order valence-corrected chi connectivity index (χ4v) is 1.80. The molecule has 0 radical (unpaired) electrons. The van der Waals surface area contributed by atoms with E-state index in [-0.39, 0.29) is 21.6 Å². The van der Waals surface area contributed by atoms with Crippen molar-refractivity contribution in [2.24, 2.45) is 0 Å². The van der Waals surface area contributed by atoms with Gasteiger partial charge in [0.05, 0.1) is 28.0 Å². The number of nitrogens with one attached hydrogen (secondary N) is 1. The van der Waals surface area contributed by atoms with Crippen LogP contribution in [0.5, 0.6) is 0 Å². The predicted octanol–water partition coefficient (Wildman–Crippen LogP) is 3.69. The van der Waals surface area contributed by atoms with Crippen LogP contribution in [0.4, 0.5) is 5.82 Å². The summed E-state index contributed by atoms with van der Waals surface area (Å²) in [7, 11) is 0. The lowest BCUT2D eigenvalue weighted by molar-refractivity contribution is 0.102. The number of nitrogens with zero attached hydrogens (tertiary/aromatic N) is 2. The van der Waals surface area contributed by atoms with Gasteiger partial charge in [0.2, 0.25) is 0 Å². The summed E-state index contributed by atoms with van der Waals surface area (Å²) in [6.45, 7) is 0. The number of aromatic nitrogens is 2. The first kappa shape index (κ1) is 13.1. The van der Waals surface area contributed by atoms with Crippen molar-refractivity contribution in [2.45, 2.75) is 0 Å². The Bertz CT molecular complexity index is 604.